The lowest BCUT2D eigenvalue weighted by Gasteiger charge is -2.15. The van der Waals surface area contributed by atoms with Gasteiger partial charge in [0.2, 0.25) is 6.10 Å². The van der Waals surface area contributed by atoms with Gasteiger partial charge in [-0.3, -0.25) is 9.59 Å². The molecule has 132 valence electrons. The zero-order chi connectivity index (χ0) is 18.2. The number of aryl methyl sites for hydroxylation is 1. The van der Waals surface area contributed by atoms with E-state index in [-0.39, 0.29) is 6.42 Å². The maximum Gasteiger partial charge on any atom is 0.307 e. The number of esters is 1. The summed E-state index contributed by atoms with van der Waals surface area (Å²) < 4.78 is 15.7. The Labute approximate surface area is 146 Å². The fourth-order valence-corrected chi connectivity index (χ4v) is 2.39. The van der Waals surface area contributed by atoms with Gasteiger partial charge >= 0.3 is 5.97 Å². The molecule has 0 saturated carbocycles. The Hall–Kier alpha value is -3.02. The van der Waals surface area contributed by atoms with Crippen LogP contribution in [0.25, 0.3) is 0 Å². The molecule has 25 heavy (non-hydrogen) atoms. The van der Waals surface area contributed by atoms with Crippen LogP contribution in [0, 0.1) is 0 Å². The summed E-state index contributed by atoms with van der Waals surface area (Å²) in [6.45, 7) is 0. The molecular weight excluding hydrogens is 322 g/mol. The van der Waals surface area contributed by atoms with E-state index in [0.29, 0.717) is 23.5 Å². The zero-order valence-electron chi connectivity index (χ0n) is 14.2. The highest BCUT2D eigenvalue weighted by molar-refractivity contribution is 5.83. The highest BCUT2D eigenvalue weighted by Gasteiger charge is 2.22. The molecule has 0 aliphatic heterocycles. The second-order valence-corrected chi connectivity index (χ2v) is 5.37. The minimum absolute atomic E-state index is 0.117. The number of ether oxygens (including phenoxy) is 3. The van der Waals surface area contributed by atoms with Crippen molar-refractivity contribution in [3.05, 3.63) is 59.7 Å². The number of hydrogen-bond acceptors (Lipinski definition) is 5. The minimum Gasteiger partial charge on any atom is -0.493 e. The molecule has 6 nitrogen and oxygen atoms in total. The predicted octanol–water partition coefficient (Wildman–Crippen LogP) is 2.41. The number of amides is 1. The first kappa shape index (κ1) is 18.3. The molecule has 0 aliphatic carbocycles. The van der Waals surface area contributed by atoms with Gasteiger partial charge in [0.05, 0.1) is 14.2 Å². The Balaban J connectivity index is 1.99. The van der Waals surface area contributed by atoms with Gasteiger partial charge < -0.3 is 19.9 Å². The number of carbonyl (C=O) groups is 2. The lowest BCUT2D eigenvalue weighted by molar-refractivity contribution is -0.155. The molecule has 2 aromatic carbocycles. The number of rotatable bonds is 8. The van der Waals surface area contributed by atoms with Crippen molar-refractivity contribution in [2.45, 2.75) is 18.9 Å². The summed E-state index contributed by atoms with van der Waals surface area (Å²) in [6, 6.07) is 14.1. The molecule has 0 heterocycles. The number of hydrogen-bond donors (Lipinski definition) is 1. The van der Waals surface area contributed by atoms with E-state index in [0.717, 1.165) is 5.56 Å². The molecule has 0 aromatic heterocycles. The molecule has 0 radical (unpaired) electrons. The third-order valence-electron chi connectivity index (χ3n) is 3.68. The van der Waals surface area contributed by atoms with E-state index in [1.807, 2.05) is 6.07 Å². The quantitative estimate of drug-likeness (QED) is 0.744. The molecule has 1 amide bonds. The van der Waals surface area contributed by atoms with Crippen LogP contribution in [0.2, 0.25) is 0 Å². The summed E-state index contributed by atoms with van der Waals surface area (Å²) in [6.07, 6.45) is -0.523. The smallest absolute Gasteiger partial charge is 0.307 e. The van der Waals surface area contributed by atoms with Crippen molar-refractivity contribution < 1.29 is 23.8 Å². The Morgan fingerprint density at radius 1 is 1.00 bits per heavy atom. The van der Waals surface area contributed by atoms with Crippen LogP contribution in [0.1, 0.15) is 23.7 Å². The topological polar surface area (TPSA) is 87.9 Å². The van der Waals surface area contributed by atoms with Crippen LogP contribution in [0.3, 0.4) is 0 Å². The molecule has 0 aliphatic rings. The van der Waals surface area contributed by atoms with Gasteiger partial charge in [-0.25, -0.2) is 0 Å². The maximum absolute atomic E-state index is 12.1. The normalized spacial score (nSPS) is 11.4. The molecule has 2 aromatic rings. The van der Waals surface area contributed by atoms with E-state index in [9.17, 15) is 9.59 Å². The average Bonchev–Trinajstić information content (AvgIpc) is 2.64. The van der Waals surface area contributed by atoms with Crippen LogP contribution in [0.5, 0.6) is 11.5 Å². The number of primary amides is 1. The highest BCUT2D eigenvalue weighted by atomic mass is 16.5. The first-order chi connectivity index (χ1) is 12.0. The molecule has 2 N–H and O–H groups in total. The van der Waals surface area contributed by atoms with E-state index in [2.05, 4.69) is 0 Å². The first-order valence-corrected chi connectivity index (χ1v) is 7.79. The Morgan fingerprint density at radius 2 is 1.68 bits per heavy atom. The molecule has 2 rings (SSSR count). The summed E-state index contributed by atoms with van der Waals surface area (Å²) in [4.78, 5) is 23.7. The summed E-state index contributed by atoms with van der Waals surface area (Å²) in [5.41, 5.74) is 6.79. The molecule has 1 atom stereocenters. The third kappa shape index (κ3) is 4.97. The van der Waals surface area contributed by atoms with E-state index < -0.39 is 18.0 Å². The van der Waals surface area contributed by atoms with Crippen LogP contribution in [0.15, 0.2) is 48.5 Å². The van der Waals surface area contributed by atoms with Crippen molar-refractivity contribution >= 4 is 11.9 Å². The van der Waals surface area contributed by atoms with Crippen molar-refractivity contribution in [3.63, 3.8) is 0 Å². The van der Waals surface area contributed by atoms with Crippen LogP contribution in [0.4, 0.5) is 0 Å². The number of nitrogens with two attached hydrogens (primary N) is 1. The van der Waals surface area contributed by atoms with Gasteiger partial charge in [-0.1, -0.05) is 36.4 Å². The first-order valence-electron chi connectivity index (χ1n) is 7.79. The summed E-state index contributed by atoms with van der Waals surface area (Å²) in [5, 5.41) is 0. The standard InChI is InChI=1S/C19H21NO5/c1-23-15-10-8-13(12-16(15)24-2)9-11-17(21)25-18(19(20)22)14-6-4-3-5-7-14/h3-8,10,12,18H,9,11H2,1-2H3,(H2,20,22). The van der Waals surface area contributed by atoms with Crippen LogP contribution in [-0.2, 0) is 20.7 Å². The largest absolute Gasteiger partial charge is 0.493 e. The van der Waals surface area contributed by atoms with E-state index in [1.54, 1.807) is 56.7 Å². The van der Waals surface area contributed by atoms with Gasteiger partial charge in [-0.2, -0.15) is 0 Å². The van der Waals surface area contributed by atoms with Gasteiger partial charge in [0.25, 0.3) is 5.91 Å². The van der Waals surface area contributed by atoms with Crippen molar-refractivity contribution in [3.8, 4) is 11.5 Å². The van der Waals surface area contributed by atoms with E-state index in [4.69, 9.17) is 19.9 Å². The summed E-state index contributed by atoms with van der Waals surface area (Å²) in [5.74, 6) is 0.00691. The average molecular weight is 343 g/mol. The minimum atomic E-state index is -1.08. The SMILES string of the molecule is COc1ccc(CCC(=O)OC(C(N)=O)c2ccccc2)cc1OC. The van der Waals surface area contributed by atoms with Crippen molar-refractivity contribution in [2.75, 3.05) is 14.2 Å². The van der Waals surface area contributed by atoms with Crippen LogP contribution in [-0.4, -0.2) is 26.1 Å². The molecule has 0 bridgehead atoms. The maximum atomic E-state index is 12.1. The van der Waals surface area contributed by atoms with Gasteiger partial charge in [0.15, 0.2) is 11.5 Å². The number of benzene rings is 2. The molecule has 6 heteroatoms. The van der Waals surface area contributed by atoms with Gasteiger partial charge in [-0.15, -0.1) is 0 Å². The van der Waals surface area contributed by atoms with Crippen LogP contribution >= 0.6 is 0 Å². The van der Waals surface area contributed by atoms with E-state index in [1.165, 1.54) is 0 Å². The predicted molar refractivity (Wildman–Crippen MR) is 92.3 cm³/mol. The van der Waals surface area contributed by atoms with Crippen molar-refractivity contribution in [2.24, 2.45) is 5.73 Å². The zero-order valence-corrected chi connectivity index (χ0v) is 14.2. The Bertz CT molecular complexity index is 730. The Morgan fingerprint density at radius 3 is 2.28 bits per heavy atom. The molecule has 0 fully saturated rings. The second-order valence-electron chi connectivity index (χ2n) is 5.37. The molecule has 0 saturated heterocycles. The fourth-order valence-electron chi connectivity index (χ4n) is 2.39. The molecular formula is C19H21NO5. The molecule has 0 spiro atoms. The number of carbonyl (C=O) groups excluding carboxylic acids is 2. The lowest BCUT2D eigenvalue weighted by atomic mass is 10.1. The number of methoxy groups -OCH3 is 2. The second kappa shape index (κ2) is 8.73. The van der Waals surface area contributed by atoms with Gasteiger partial charge in [-0.05, 0) is 24.1 Å². The third-order valence-corrected chi connectivity index (χ3v) is 3.68. The fraction of sp³-hybridized carbons (Fsp3) is 0.263. The van der Waals surface area contributed by atoms with Gasteiger partial charge in [0, 0.05) is 12.0 Å². The summed E-state index contributed by atoms with van der Waals surface area (Å²) in [7, 11) is 3.11. The lowest BCUT2D eigenvalue weighted by Crippen LogP contribution is -2.26. The van der Waals surface area contributed by atoms with Crippen LogP contribution < -0.4 is 15.2 Å². The Kier molecular flexibility index (Phi) is 6.39. The van der Waals surface area contributed by atoms with Crippen molar-refractivity contribution in [1.29, 1.82) is 0 Å². The highest BCUT2D eigenvalue weighted by Crippen LogP contribution is 2.28. The van der Waals surface area contributed by atoms with Crippen molar-refractivity contribution in [1.82, 2.24) is 0 Å². The monoisotopic (exact) mass is 343 g/mol. The van der Waals surface area contributed by atoms with Gasteiger partial charge in [0.1, 0.15) is 0 Å². The molecule has 1 unspecified atom stereocenters. The van der Waals surface area contributed by atoms with E-state index >= 15 is 0 Å². The summed E-state index contributed by atoms with van der Waals surface area (Å²) >= 11 is 0.